The van der Waals surface area contributed by atoms with Crippen LogP contribution in [-0.2, 0) is 21.1 Å². The number of halogens is 3. The summed E-state index contributed by atoms with van der Waals surface area (Å²) in [5.41, 5.74) is 5.58. The zero-order valence-corrected chi connectivity index (χ0v) is 20.0. The first-order valence-corrected chi connectivity index (χ1v) is 12.1. The van der Waals surface area contributed by atoms with Crippen LogP contribution >= 0.6 is 0 Å². The van der Waals surface area contributed by atoms with E-state index in [1.54, 1.807) is 13.0 Å². The molecule has 190 valence electrons. The molecule has 0 radical (unpaired) electrons. The highest BCUT2D eigenvalue weighted by Gasteiger charge is 2.34. The molecule has 9 nitrogen and oxygen atoms in total. The van der Waals surface area contributed by atoms with Gasteiger partial charge in [0, 0.05) is 30.8 Å². The SMILES string of the molecule is COc1cc2c(cc1OC1CCOC1)C(N[C@H](C)c1cc(N)cc(C(F)(F)F)c1)=NS(=O)(=O)N2C. The van der Waals surface area contributed by atoms with Gasteiger partial charge in [-0.15, -0.1) is 4.40 Å². The van der Waals surface area contributed by atoms with E-state index in [4.69, 9.17) is 19.9 Å². The Kier molecular flexibility index (Phi) is 6.49. The monoisotopic (exact) mass is 514 g/mol. The minimum Gasteiger partial charge on any atom is -0.493 e. The van der Waals surface area contributed by atoms with Gasteiger partial charge in [-0.25, -0.2) is 0 Å². The van der Waals surface area contributed by atoms with E-state index in [1.165, 1.54) is 26.3 Å². The number of methoxy groups -OCH3 is 1. The third-order valence-electron chi connectivity index (χ3n) is 5.77. The molecule has 13 heteroatoms. The van der Waals surface area contributed by atoms with Crippen molar-refractivity contribution in [1.29, 1.82) is 0 Å². The zero-order valence-electron chi connectivity index (χ0n) is 19.2. The number of ether oxygens (including phenoxy) is 3. The number of fused-ring (bicyclic) bond motifs is 1. The van der Waals surface area contributed by atoms with Crippen LogP contribution in [0, 0.1) is 0 Å². The third kappa shape index (κ3) is 5.10. The van der Waals surface area contributed by atoms with Crippen molar-refractivity contribution in [1.82, 2.24) is 5.32 Å². The van der Waals surface area contributed by atoms with Gasteiger partial charge >= 0.3 is 16.4 Å². The van der Waals surface area contributed by atoms with Crippen molar-refractivity contribution in [2.24, 2.45) is 4.40 Å². The largest absolute Gasteiger partial charge is 0.493 e. The van der Waals surface area contributed by atoms with Gasteiger partial charge in [0.25, 0.3) is 0 Å². The molecule has 2 aromatic rings. The molecule has 2 heterocycles. The smallest absolute Gasteiger partial charge is 0.416 e. The van der Waals surface area contributed by atoms with Crippen LogP contribution in [0.5, 0.6) is 11.5 Å². The average molecular weight is 515 g/mol. The van der Waals surface area contributed by atoms with Gasteiger partial charge < -0.3 is 25.3 Å². The van der Waals surface area contributed by atoms with Gasteiger partial charge in [0.2, 0.25) is 0 Å². The van der Waals surface area contributed by atoms with Crippen molar-refractivity contribution in [3.8, 4) is 11.5 Å². The van der Waals surface area contributed by atoms with Crippen LogP contribution < -0.4 is 24.8 Å². The van der Waals surface area contributed by atoms with Crippen LogP contribution in [0.2, 0.25) is 0 Å². The maximum atomic E-state index is 13.3. The Morgan fingerprint density at radius 2 is 1.97 bits per heavy atom. The molecule has 1 unspecified atom stereocenters. The summed E-state index contributed by atoms with van der Waals surface area (Å²) in [6, 6.07) is 5.53. The molecule has 3 N–H and O–H groups in total. The van der Waals surface area contributed by atoms with Crippen LogP contribution in [-0.4, -0.2) is 47.7 Å². The van der Waals surface area contributed by atoms with Gasteiger partial charge in [0.05, 0.1) is 37.6 Å². The van der Waals surface area contributed by atoms with Gasteiger partial charge in [0.15, 0.2) is 17.3 Å². The molecule has 35 heavy (non-hydrogen) atoms. The first kappa shape index (κ1) is 24.9. The van der Waals surface area contributed by atoms with Crippen molar-refractivity contribution >= 4 is 27.4 Å². The molecule has 0 saturated carbocycles. The number of nitrogen functional groups attached to an aromatic ring is 1. The molecule has 2 aliphatic rings. The lowest BCUT2D eigenvalue weighted by atomic mass is 10.0. The molecule has 0 aromatic heterocycles. The average Bonchev–Trinajstić information content (AvgIpc) is 3.29. The second-order valence-electron chi connectivity index (χ2n) is 8.26. The molecule has 1 saturated heterocycles. The Labute approximate surface area is 200 Å². The molecule has 1 fully saturated rings. The topological polar surface area (TPSA) is 115 Å². The fourth-order valence-corrected chi connectivity index (χ4v) is 4.77. The summed E-state index contributed by atoms with van der Waals surface area (Å²) in [5, 5.41) is 2.93. The van der Waals surface area contributed by atoms with E-state index in [9.17, 15) is 21.6 Å². The summed E-state index contributed by atoms with van der Waals surface area (Å²) in [4.78, 5) is 0. The number of alkyl halides is 3. The van der Waals surface area contributed by atoms with Gasteiger partial charge in [-0.05, 0) is 36.8 Å². The number of nitrogens with zero attached hydrogens (tertiary/aromatic N) is 2. The van der Waals surface area contributed by atoms with E-state index in [1.807, 2.05) is 0 Å². The maximum Gasteiger partial charge on any atom is 0.416 e. The molecule has 0 aliphatic carbocycles. The first-order chi connectivity index (χ1) is 16.4. The summed E-state index contributed by atoms with van der Waals surface area (Å²) in [5.74, 6) is 0.634. The predicted octanol–water partition coefficient (Wildman–Crippen LogP) is 3.26. The molecule has 4 rings (SSSR count). The molecular weight excluding hydrogens is 489 g/mol. The van der Waals surface area contributed by atoms with Gasteiger partial charge in [0.1, 0.15) is 6.10 Å². The van der Waals surface area contributed by atoms with Crippen LogP contribution in [0.25, 0.3) is 0 Å². The van der Waals surface area contributed by atoms with Crippen molar-refractivity contribution in [2.45, 2.75) is 31.7 Å². The Morgan fingerprint density at radius 1 is 1.23 bits per heavy atom. The van der Waals surface area contributed by atoms with Gasteiger partial charge in [-0.3, -0.25) is 4.31 Å². The van der Waals surface area contributed by atoms with Crippen LogP contribution in [0.1, 0.15) is 36.1 Å². The molecular formula is C22H25F3N4O5S. The fraction of sp³-hybridized carbons (Fsp3) is 0.409. The van der Waals surface area contributed by atoms with E-state index in [0.717, 1.165) is 16.4 Å². The zero-order chi connectivity index (χ0) is 25.5. The normalized spacial score (nSPS) is 20.1. The lowest BCUT2D eigenvalue weighted by molar-refractivity contribution is -0.137. The highest BCUT2D eigenvalue weighted by atomic mass is 32.2. The van der Waals surface area contributed by atoms with E-state index in [-0.39, 0.29) is 28.9 Å². The minimum absolute atomic E-state index is 0.0447. The number of anilines is 2. The Balaban J connectivity index is 1.73. The summed E-state index contributed by atoms with van der Waals surface area (Å²) < 4.78 is 86.9. The van der Waals surface area contributed by atoms with Gasteiger partial charge in [-0.2, -0.15) is 21.6 Å². The summed E-state index contributed by atoms with van der Waals surface area (Å²) in [7, 11) is -1.34. The summed E-state index contributed by atoms with van der Waals surface area (Å²) in [6.45, 7) is 2.55. The number of amidine groups is 1. The first-order valence-electron chi connectivity index (χ1n) is 10.7. The second kappa shape index (κ2) is 9.11. The summed E-state index contributed by atoms with van der Waals surface area (Å²) >= 11 is 0. The number of hydrogen-bond donors (Lipinski definition) is 2. The molecule has 0 amide bonds. The second-order valence-corrected chi connectivity index (χ2v) is 9.89. The molecule has 0 spiro atoms. The lowest BCUT2D eigenvalue weighted by Crippen LogP contribution is -2.38. The minimum atomic E-state index is -4.59. The lowest BCUT2D eigenvalue weighted by Gasteiger charge is -2.29. The number of nitrogens with one attached hydrogen (secondary N) is 1. The standard InChI is InChI=1S/C22H25F3N4O5S/c1-12(13-6-14(22(23,24)25)8-15(26)7-13)27-21-17-9-20(34-16-4-5-33-11-16)19(32-3)10-18(17)29(2)35(30,31)28-21/h6-10,12,16H,4-5,11,26H2,1-3H3,(H,27,28)/t12-,16?/m1/s1. The van der Waals surface area contributed by atoms with Gasteiger partial charge in [-0.1, -0.05) is 0 Å². The van der Waals surface area contributed by atoms with Crippen molar-refractivity contribution in [3.63, 3.8) is 0 Å². The molecule has 2 atom stereocenters. The predicted molar refractivity (Wildman–Crippen MR) is 124 cm³/mol. The quantitative estimate of drug-likeness (QED) is 0.589. The Morgan fingerprint density at radius 3 is 2.60 bits per heavy atom. The van der Waals surface area contributed by atoms with E-state index in [0.29, 0.717) is 36.7 Å². The number of nitrogens with two attached hydrogens (primary N) is 1. The van der Waals surface area contributed by atoms with Crippen molar-refractivity contribution < 1.29 is 35.8 Å². The fourth-order valence-electron chi connectivity index (χ4n) is 3.87. The van der Waals surface area contributed by atoms with Crippen LogP contribution in [0.4, 0.5) is 24.5 Å². The molecule has 2 aliphatic heterocycles. The van der Waals surface area contributed by atoms with Crippen molar-refractivity contribution in [2.75, 3.05) is 37.4 Å². The van der Waals surface area contributed by atoms with E-state index in [2.05, 4.69) is 9.71 Å². The van der Waals surface area contributed by atoms with E-state index >= 15 is 0 Å². The van der Waals surface area contributed by atoms with Crippen LogP contribution in [0.3, 0.4) is 0 Å². The number of benzene rings is 2. The summed E-state index contributed by atoms with van der Waals surface area (Å²) in [6.07, 6.45) is -4.10. The number of rotatable bonds is 5. The highest BCUT2D eigenvalue weighted by molar-refractivity contribution is 7.91. The van der Waals surface area contributed by atoms with Crippen molar-refractivity contribution in [3.05, 3.63) is 47.0 Å². The third-order valence-corrected chi connectivity index (χ3v) is 7.07. The Bertz CT molecular complexity index is 1260. The highest BCUT2D eigenvalue weighted by Crippen LogP contribution is 2.40. The Hall–Kier alpha value is -3.19. The molecule has 2 aromatic carbocycles. The van der Waals surface area contributed by atoms with Crippen LogP contribution in [0.15, 0.2) is 34.7 Å². The maximum absolute atomic E-state index is 13.3. The van der Waals surface area contributed by atoms with E-state index < -0.39 is 28.0 Å². The molecule has 0 bridgehead atoms. The number of hydrogen-bond acceptors (Lipinski definition) is 7.